The van der Waals surface area contributed by atoms with Crippen molar-refractivity contribution in [2.45, 2.75) is 66.0 Å². The number of benzene rings is 4. The van der Waals surface area contributed by atoms with Crippen LogP contribution in [0.4, 0.5) is 0 Å². The quantitative estimate of drug-likeness (QED) is 0.119. The van der Waals surface area contributed by atoms with E-state index in [1.54, 1.807) is 0 Å². The Bertz CT molecular complexity index is 1660. The van der Waals surface area contributed by atoms with Crippen LogP contribution < -0.4 is 0 Å². The summed E-state index contributed by atoms with van der Waals surface area (Å²) in [5.74, 6) is 0.584. The number of hydrogen-bond donors (Lipinski definition) is 0. The second-order valence-electron chi connectivity index (χ2n) is 11.3. The summed E-state index contributed by atoms with van der Waals surface area (Å²) in [4.78, 5) is 0. The summed E-state index contributed by atoms with van der Waals surface area (Å²) in [7, 11) is 11.0. The molecule has 0 spiro atoms. The first-order valence-corrected chi connectivity index (χ1v) is 23.7. The third-order valence-electron chi connectivity index (χ3n) is 7.59. The van der Waals surface area contributed by atoms with Gasteiger partial charge in [-0.1, -0.05) is 138 Å². The Kier molecular flexibility index (Phi) is 15.9. The van der Waals surface area contributed by atoms with Crippen LogP contribution in [-0.4, -0.2) is 9.52 Å². The Balaban J connectivity index is 0.000000205. The van der Waals surface area contributed by atoms with Crippen LogP contribution in [0.15, 0.2) is 115 Å². The van der Waals surface area contributed by atoms with Crippen LogP contribution in [-0.2, 0) is 27.3 Å². The summed E-state index contributed by atoms with van der Waals surface area (Å²) in [5, 5.41) is 5.53. The molecule has 0 fully saturated rings. The van der Waals surface area contributed by atoms with E-state index in [0.29, 0.717) is 5.92 Å². The molecule has 6 rings (SSSR count). The fourth-order valence-corrected chi connectivity index (χ4v) is 5.36. The molecule has 0 saturated carbocycles. The van der Waals surface area contributed by atoms with Gasteiger partial charge in [0.1, 0.15) is 0 Å². The third-order valence-corrected chi connectivity index (χ3v) is 7.59. The molecule has 0 nitrogen and oxygen atoms in total. The zero-order valence-corrected chi connectivity index (χ0v) is 31.9. The molecular formula is C40H44Cl2SiZr. The molecule has 0 aliphatic rings. The average Bonchev–Trinajstić information content (AvgIpc) is 3.68. The molecule has 6 aromatic rings. The topological polar surface area (TPSA) is 0 Å². The summed E-state index contributed by atoms with van der Waals surface area (Å²) in [6.07, 6.45) is 3.72. The van der Waals surface area contributed by atoms with E-state index in [1.165, 1.54) is 79.8 Å². The van der Waals surface area contributed by atoms with Gasteiger partial charge in [-0.05, 0) is 23.5 Å². The van der Waals surface area contributed by atoms with Gasteiger partial charge in [0.25, 0.3) is 0 Å². The molecule has 0 atom stereocenters. The first kappa shape index (κ1) is 36.3. The fraction of sp³-hybridized carbons (Fsp3) is 0.250. The number of aryl methyl sites for hydroxylation is 2. The van der Waals surface area contributed by atoms with Crippen LogP contribution in [0.2, 0.25) is 13.1 Å². The summed E-state index contributed by atoms with van der Waals surface area (Å²) >= 11 is -0.826. The van der Waals surface area contributed by atoms with Crippen LogP contribution in [0, 0.1) is 6.92 Å². The van der Waals surface area contributed by atoms with E-state index in [1.807, 2.05) is 0 Å². The van der Waals surface area contributed by atoms with Crippen molar-refractivity contribution in [1.29, 1.82) is 0 Å². The molecule has 0 N–H and O–H groups in total. The van der Waals surface area contributed by atoms with Gasteiger partial charge in [0.15, 0.2) is 0 Å². The summed E-state index contributed by atoms with van der Waals surface area (Å²) in [6, 6.07) is 41.8. The molecule has 0 aliphatic carbocycles. The van der Waals surface area contributed by atoms with Gasteiger partial charge < -0.3 is 0 Å². The zero-order chi connectivity index (χ0) is 31.9. The Morgan fingerprint density at radius 1 is 0.727 bits per heavy atom. The van der Waals surface area contributed by atoms with Gasteiger partial charge >= 0.3 is 37.9 Å². The first-order chi connectivity index (χ1) is 21.4. The Morgan fingerprint density at radius 3 is 1.84 bits per heavy atom. The van der Waals surface area contributed by atoms with Crippen molar-refractivity contribution in [2.24, 2.45) is 0 Å². The van der Waals surface area contributed by atoms with E-state index in [-0.39, 0.29) is 0 Å². The second-order valence-corrected chi connectivity index (χ2v) is 16.0. The molecule has 0 heterocycles. The molecule has 0 amide bonds. The molecule has 6 aromatic carbocycles. The monoisotopic (exact) mass is 712 g/mol. The van der Waals surface area contributed by atoms with E-state index in [9.17, 15) is 0 Å². The van der Waals surface area contributed by atoms with Gasteiger partial charge in [-0.3, -0.25) is 0 Å². The molecule has 0 aliphatic heterocycles. The molecule has 226 valence electrons. The maximum absolute atomic E-state index is 4.93. The summed E-state index contributed by atoms with van der Waals surface area (Å²) in [5.41, 5.74) is 9.58. The number of unbranched alkanes of at least 4 members (excludes halogenated alkanes) is 1. The molecule has 0 saturated heterocycles. The Labute approximate surface area is 287 Å². The van der Waals surface area contributed by atoms with Crippen LogP contribution in [0.3, 0.4) is 0 Å². The third kappa shape index (κ3) is 10.1. The van der Waals surface area contributed by atoms with Gasteiger partial charge in [-0.15, -0.1) is 68.6 Å². The van der Waals surface area contributed by atoms with Crippen molar-refractivity contribution in [3.63, 3.8) is 0 Å². The van der Waals surface area contributed by atoms with Gasteiger partial charge in [0, 0.05) is 9.52 Å². The SMILES string of the molecule is CC(C)c1cc2c(-c3ccccc3)cccc2[cH-]1.CCCCc1cc2c(-c3ccccc3)ccc(C)c2[cH-]1.C[Si]C.[Cl][Zr+2][Cl]. The number of halogens is 2. The molecule has 0 bridgehead atoms. The van der Waals surface area contributed by atoms with E-state index >= 15 is 0 Å². The minimum absolute atomic E-state index is 0.584. The molecule has 2 radical (unpaired) electrons. The average molecular weight is 715 g/mol. The van der Waals surface area contributed by atoms with Crippen molar-refractivity contribution in [3.05, 3.63) is 132 Å². The number of fused-ring (bicyclic) bond motifs is 2. The van der Waals surface area contributed by atoms with Crippen LogP contribution in [0.5, 0.6) is 0 Å². The normalized spacial score (nSPS) is 10.3. The fourth-order valence-electron chi connectivity index (χ4n) is 5.36. The Morgan fingerprint density at radius 2 is 1.30 bits per heavy atom. The van der Waals surface area contributed by atoms with Gasteiger partial charge in [0.05, 0.1) is 0 Å². The van der Waals surface area contributed by atoms with Gasteiger partial charge in [0.2, 0.25) is 0 Å². The molecule has 4 heteroatoms. The van der Waals surface area contributed by atoms with E-state index < -0.39 is 20.8 Å². The van der Waals surface area contributed by atoms with E-state index in [4.69, 9.17) is 17.0 Å². The Hall–Kier alpha value is -2.22. The van der Waals surface area contributed by atoms with Gasteiger partial charge in [-0.25, -0.2) is 0 Å². The standard InChI is InChI=1S/C20H21.C18H17.C2H6Si.2ClH.Zr/c1-3-4-8-16-13-19-15(2)11-12-18(20(19)14-16)17-9-6-5-7-10-17;1-13(2)16-11-15-9-6-10-17(18(15)12-16)14-7-4-3-5-8-14;1-3-2;;;/h5-7,9-14H,3-4,8H2,1-2H3;3-13H,1-2H3;1-2H3;2*1H;/q2*-1;;;;+4/p-2. The van der Waals surface area contributed by atoms with E-state index in [2.05, 4.69) is 156 Å². The predicted molar refractivity (Wildman–Crippen MR) is 197 cm³/mol. The van der Waals surface area contributed by atoms with Crippen LogP contribution in [0.25, 0.3) is 43.8 Å². The van der Waals surface area contributed by atoms with E-state index in [0.717, 1.165) is 9.52 Å². The van der Waals surface area contributed by atoms with Gasteiger partial charge in [-0.2, -0.15) is 12.1 Å². The van der Waals surface area contributed by atoms with Crippen molar-refractivity contribution < 1.29 is 20.8 Å². The molecular weight excluding hydrogens is 671 g/mol. The number of hydrogen-bond acceptors (Lipinski definition) is 0. The number of rotatable bonds is 6. The second kappa shape index (κ2) is 19.3. The van der Waals surface area contributed by atoms with Crippen molar-refractivity contribution >= 4 is 48.1 Å². The summed E-state index contributed by atoms with van der Waals surface area (Å²) < 4.78 is 0. The predicted octanol–water partition coefficient (Wildman–Crippen LogP) is 13.4. The van der Waals surface area contributed by atoms with Crippen molar-refractivity contribution in [3.8, 4) is 22.3 Å². The van der Waals surface area contributed by atoms with Crippen LogP contribution >= 0.6 is 17.0 Å². The maximum atomic E-state index is 4.93. The first-order valence-electron chi connectivity index (χ1n) is 15.4. The zero-order valence-electron chi connectivity index (χ0n) is 26.9. The van der Waals surface area contributed by atoms with Crippen molar-refractivity contribution in [2.75, 3.05) is 0 Å². The van der Waals surface area contributed by atoms with Crippen LogP contribution in [0.1, 0.15) is 56.2 Å². The van der Waals surface area contributed by atoms with Crippen molar-refractivity contribution in [1.82, 2.24) is 0 Å². The molecule has 0 aromatic heterocycles. The summed E-state index contributed by atoms with van der Waals surface area (Å²) in [6.45, 7) is 13.3. The molecule has 44 heavy (non-hydrogen) atoms. The minimum atomic E-state index is -0.826. The molecule has 0 unspecified atom stereocenters.